The molecule has 31 heavy (non-hydrogen) atoms. The molecule has 166 valence electrons. The van der Waals surface area contributed by atoms with Gasteiger partial charge in [-0.05, 0) is 24.6 Å². The number of aryl methyl sites for hydroxylation is 1. The summed E-state index contributed by atoms with van der Waals surface area (Å²) >= 11 is 0. The van der Waals surface area contributed by atoms with Crippen molar-refractivity contribution in [1.29, 1.82) is 0 Å². The van der Waals surface area contributed by atoms with Crippen molar-refractivity contribution in [3.63, 3.8) is 0 Å². The average molecular weight is 431 g/mol. The first-order valence-corrected chi connectivity index (χ1v) is 10.1. The van der Waals surface area contributed by atoms with Gasteiger partial charge in [-0.2, -0.15) is 0 Å². The maximum Gasteiger partial charge on any atom is 0.227 e. The zero-order chi connectivity index (χ0) is 22.0. The van der Waals surface area contributed by atoms with Gasteiger partial charge in [-0.1, -0.05) is 0 Å². The molecular weight excluding hydrogens is 406 g/mol. The lowest BCUT2D eigenvalue weighted by Crippen LogP contribution is -2.41. The quantitative estimate of drug-likeness (QED) is 0.764. The molecule has 0 spiro atoms. The van der Waals surface area contributed by atoms with Gasteiger partial charge in [0.1, 0.15) is 19.0 Å². The Morgan fingerprint density at radius 2 is 1.90 bits per heavy atom. The predicted octanol–water partition coefficient (Wildman–Crippen LogP) is 1.81. The summed E-state index contributed by atoms with van der Waals surface area (Å²) in [4.78, 5) is 27.0. The van der Waals surface area contributed by atoms with Gasteiger partial charge in [0.25, 0.3) is 0 Å². The molecule has 1 saturated heterocycles. The van der Waals surface area contributed by atoms with Gasteiger partial charge in [0, 0.05) is 25.6 Å². The number of amides is 1. The van der Waals surface area contributed by atoms with Crippen molar-refractivity contribution >= 4 is 5.91 Å². The molecule has 2 aromatic rings. The van der Waals surface area contributed by atoms with Crippen LogP contribution in [0, 0.1) is 6.92 Å². The van der Waals surface area contributed by atoms with E-state index in [1.165, 1.54) is 13.2 Å². The van der Waals surface area contributed by atoms with E-state index in [9.17, 15) is 14.7 Å². The SMILES string of the molecule is COc1cc(C(CC(=O)N2CCOCC2)c2oc(C)cc(=O)c2O)cc2c1OCCO2. The van der Waals surface area contributed by atoms with Crippen molar-refractivity contribution in [3.05, 3.63) is 45.5 Å². The number of morpholine rings is 1. The summed E-state index contributed by atoms with van der Waals surface area (Å²) in [6, 6.07) is 4.66. The Morgan fingerprint density at radius 3 is 2.65 bits per heavy atom. The Hall–Kier alpha value is -3.20. The fourth-order valence-corrected chi connectivity index (χ4v) is 3.83. The summed E-state index contributed by atoms with van der Waals surface area (Å²) in [6.45, 7) is 4.31. The van der Waals surface area contributed by atoms with E-state index in [1.54, 1.807) is 24.0 Å². The summed E-state index contributed by atoms with van der Waals surface area (Å²) in [5.74, 6) is 0.379. The molecule has 0 radical (unpaired) electrons. The molecule has 1 fully saturated rings. The maximum atomic E-state index is 13.1. The van der Waals surface area contributed by atoms with Crippen molar-refractivity contribution in [2.75, 3.05) is 46.6 Å². The minimum Gasteiger partial charge on any atom is -0.502 e. The summed E-state index contributed by atoms with van der Waals surface area (Å²) in [7, 11) is 1.51. The van der Waals surface area contributed by atoms with E-state index in [4.69, 9.17) is 23.4 Å². The second kappa shape index (κ2) is 8.89. The highest BCUT2D eigenvalue weighted by molar-refractivity contribution is 5.78. The third-order valence-electron chi connectivity index (χ3n) is 5.38. The highest BCUT2D eigenvalue weighted by atomic mass is 16.6. The number of aromatic hydroxyl groups is 1. The first-order valence-electron chi connectivity index (χ1n) is 10.1. The van der Waals surface area contributed by atoms with Crippen LogP contribution in [0.5, 0.6) is 23.0 Å². The van der Waals surface area contributed by atoms with Crippen LogP contribution >= 0.6 is 0 Å². The van der Waals surface area contributed by atoms with Gasteiger partial charge < -0.3 is 33.4 Å². The summed E-state index contributed by atoms with van der Waals surface area (Å²) in [6.07, 6.45) is -0.0112. The molecule has 1 unspecified atom stereocenters. The molecule has 4 rings (SSSR count). The number of methoxy groups -OCH3 is 1. The Labute approximate surface area is 179 Å². The van der Waals surface area contributed by atoms with Crippen LogP contribution in [0.4, 0.5) is 0 Å². The number of carbonyl (C=O) groups excluding carboxylic acids is 1. The highest BCUT2D eigenvalue weighted by Gasteiger charge is 2.31. The van der Waals surface area contributed by atoms with E-state index in [1.807, 2.05) is 0 Å². The van der Waals surface area contributed by atoms with Gasteiger partial charge in [-0.15, -0.1) is 0 Å². The number of nitrogens with zero attached hydrogens (tertiary/aromatic N) is 1. The first-order chi connectivity index (χ1) is 15.0. The molecule has 9 heteroatoms. The number of rotatable bonds is 5. The molecule has 9 nitrogen and oxygen atoms in total. The van der Waals surface area contributed by atoms with Crippen LogP contribution in [0.25, 0.3) is 0 Å². The number of carbonyl (C=O) groups is 1. The van der Waals surface area contributed by atoms with Crippen LogP contribution in [0.1, 0.15) is 29.4 Å². The smallest absolute Gasteiger partial charge is 0.227 e. The lowest BCUT2D eigenvalue weighted by molar-refractivity contribution is -0.135. The Balaban J connectivity index is 1.79. The molecule has 1 N–H and O–H groups in total. The third kappa shape index (κ3) is 4.32. The number of benzene rings is 1. The number of hydrogen-bond acceptors (Lipinski definition) is 8. The largest absolute Gasteiger partial charge is 0.502 e. The minimum absolute atomic E-state index is 0.0112. The van der Waals surface area contributed by atoms with Crippen molar-refractivity contribution < 1.29 is 33.3 Å². The second-order valence-corrected chi connectivity index (χ2v) is 7.43. The first kappa shape index (κ1) is 21.0. The van der Waals surface area contributed by atoms with Gasteiger partial charge in [0.05, 0.1) is 26.2 Å². The van der Waals surface area contributed by atoms with Crippen molar-refractivity contribution in [2.24, 2.45) is 0 Å². The molecule has 1 aromatic heterocycles. The number of hydrogen-bond donors (Lipinski definition) is 1. The summed E-state index contributed by atoms with van der Waals surface area (Å²) < 4.78 is 27.9. The molecule has 0 aliphatic carbocycles. The van der Waals surface area contributed by atoms with Crippen LogP contribution in [0.3, 0.4) is 0 Å². The van der Waals surface area contributed by atoms with E-state index in [0.717, 1.165) is 0 Å². The zero-order valence-corrected chi connectivity index (χ0v) is 17.5. The van der Waals surface area contributed by atoms with Crippen LogP contribution in [0.15, 0.2) is 27.4 Å². The summed E-state index contributed by atoms with van der Waals surface area (Å²) in [5, 5.41) is 10.5. The van der Waals surface area contributed by atoms with Crippen LogP contribution in [-0.4, -0.2) is 62.5 Å². The topological polar surface area (TPSA) is 108 Å². The molecule has 0 bridgehead atoms. The highest BCUT2D eigenvalue weighted by Crippen LogP contribution is 2.44. The maximum absolute atomic E-state index is 13.1. The van der Waals surface area contributed by atoms with E-state index in [0.29, 0.717) is 68.1 Å². The molecule has 2 aliphatic heterocycles. The van der Waals surface area contributed by atoms with E-state index in [2.05, 4.69) is 0 Å². The minimum atomic E-state index is -0.729. The van der Waals surface area contributed by atoms with Gasteiger partial charge >= 0.3 is 0 Å². The van der Waals surface area contributed by atoms with Crippen LogP contribution < -0.4 is 19.6 Å². The van der Waals surface area contributed by atoms with Crippen molar-refractivity contribution in [2.45, 2.75) is 19.3 Å². The van der Waals surface area contributed by atoms with Crippen LogP contribution in [-0.2, 0) is 9.53 Å². The lowest BCUT2D eigenvalue weighted by atomic mass is 9.90. The Kier molecular flexibility index (Phi) is 6.03. The average Bonchev–Trinajstić information content (AvgIpc) is 2.79. The normalized spacial score (nSPS) is 16.6. The molecular formula is C22H25NO8. The van der Waals surface area contributed by atoms with Gasteiger partial charge in [-0.25, -0.2) is 0 Å². The molecule has 3 heterocycles. The fourth-order valence-electron chi connectivity index (χ4n) is 3.83. The molecule has 1 aromatic carbocycles. The number of fused-ring (bicyclic) bond motifs is 1. The third-order valence-corrected chi connectivity index (χ3v) is 5.38. The predicted molar refractivity (Wildman–Crippen MR) is 109 cm³/mol. The van der Waals surface area contributed by atoms with E-state index >= 15 is 0 Å². The van der Waals surface area contributed by atoms with Gasteiger partial charge in [0.15, 0.2) is 17.3 Å². The van der Waals surface area contributed by atoms with Gasteiger partial charge in [0.2, 0.25) is 22.8 Å². The molecule has 2 aliphatic rings. The molecule has 0 saturated carbocycles. The summed E-state index contributed by atoms with van der Waals surface area (Å²) in [5.41, 5.74) is 0.0406. The standard InChI is InChI=1S/C22H25NO8/c1-13-9-16(24)20(26)21(31-13)15(12-19(25)23-3-5-28-6-4-23)14-10-17(27-2)22-18(11-14)29-7-8-30-22/h9-11,15,26H,3-8,12H2,1-2H3. The van der Waals surface area contributed by atoms with Crippen LogP contribution in [0.2, 0.25) is 0 Å². The molecule has 1 amide bonds. The van der Waals surface area contributed by atoms with Crippen molar-refractivity contribution in [1.82, 2.24) is 4.90 Å². The second-order valence-electron chi connectivity index (χ2n) is 7.43. The Bertz CT molecular complexity index is 1010. The Morgan fingerprint density at radius 1 is 1.16 bits per heavy atom. The monoisotopic (exact) mass is 431 g/mol. The van der Waals surface area contributed by atoms with E-state index < -0.39 is 17.1 Å². The van der Waals surface area contributed by atoms with Gasteiger partial charge in [-0.3, -0.25) is 9.59 Å². The molecule has 1 atom stereocenters. The lowest BCUT2D eigenvalue weighted by Gasteiger charge is -2.29. The zero-order valence-electron chi connectivity index (χ0n) is 17.5. The van der Waals surface area contributed by atoms with E-state index in [-0.39, 0.29) is 18.1 Å². The fraction of sp³-hybridized carbons (Fsp3) is 0.455. The number of ether oxygens (including phenoxy) is 4. The van der Waals surface area contributed by atoms with Crippen molar-refractivity contribution in [3.8, 4) is 23.0 Å².